The van der Waals surface area contributed by atoms with Gasteiger partial charge in [-0.25, -0.2) is 4.79 Å². The van der Waals surface area contributed by atoms with Gasteiger partial charge in [0.15, 0.2) is 11.9 Å². The normalized spacial score (nSPS) is 56.4. The molecule has 37 heavy (non-hydrogen) atoms. The number of esters is 1. The summed E-state index contributed by atoms with van der Waals surface area (Å²) in [6, 6.07) is 3.15. The molecule has 6 bridgehead atoms. The standard InChI is InChI=1S/C26H35NO8S2/c1-14(2)24(31)17(34-16(28)15-6-5-9-27-15)25(32)18(3)12-23(30)19(24,4)26(25,33)22(35-23)13-20(36-10-11-37-20)7-8-21(18,22)29/h5-6,9,14,17,27,29-33H,7-8,10-13H2,1-4H3/t17-,18+,19-,21+,22-,23+,24-,25-,26+/m1/s1. The van der Waals surface area contributed by atoms with Crippen molar-refractivity contribution in [2.45, 2.75) is 97.4 Å². The number of nitrogens with one attached hydrogen (secondary N) is 1. The van der Waals surface area contributed by atoms with Crippen LogP contribution in [0.4, 0.5) is 0 Å². The van der Waals surface area contributed by atoms with E-state index in [1.807, 2.05) is 0 Å². The van der Waals surface area contributed by atoms with E-state index in [1.165, 1.54) is 13.0 Å². The Morgan fingerprint density at radius 2 is 1.78 bits per heavy atom. The minimum Gasteiger partial charge on any atom is -0.451 e. The molecule has 2 spiro atoms. The molecule has 0 amide bonds. The van der Waals surface area contributed by atoms with Crippen LogP contribution in [0, 0.1) is 16.7 Å². The summed E-state index contributed by atoms with van der Waals surface area (Å²) in [5.74, 6) is -1.75. The minimum absolute atomic E-state index is 0.123. The highest BCUT2D eigenvalue weighted by Crippen LogP contribution is 2.91. The highest BCUT2D eigenvalue weighted by atomic mass is 32.2. The van der Waals surface area contributed by atoms with Gasteiger partial charge in [0.1, 0.15) is 33.7 Å². The number of carbonyl (C=O) groups is 1. The first-order valence-electron chi connectivity index (χ1n) is 13.0. The first-order chi connectivity index (χ1) is 17.1. The van der Waals surface area contributed by atoms with Crippen LogP contribution in [0.3, 0.4) is 0 Å². The molecule has 6 N–H and O–H groups in total. The number of aromatic nitrogens is 1. The van der Waals surface area contributed by atoms with E-state index in [1.54, 1.807) is 56.6 Å². The third kappa shape index (κ3) is 2.03. The number of H-pyrrole nitrogens is 1. The van der Waals surface area contributed by atoms with Crippen LogP contribution in [-0.2, 0) is 9.47 Å². The fourth-order valence-corrected chi connectivity index (χ4v) is 13.4. The monoisotopic (exact) mass is 553 g/mol. The summed E-state index contributed by atoms with van der Waals surface area (Å²) in [5.41, 5.74) is -13.6. The Balaban J connectivity index is 1.51. The van der Waals surface area contributed by atoms with Gasteiger partial charge in [0.2, 0.25) is 0 Å². The number of rotatable bonds is 3. The molecule has 0 aromatic carbocycles. The molecule has 0 radical (unpaired) electrons. The van der Waals surface area contributed by atoms with Gasteiger partial charge in [0, 0.05) is 36.0 Å². The molecule has 8 rings (SSSR count). The fourth-order valence-electron chi connectivity index (χ4n) is 10.1. The smallest absolute Gasteiger partial charge is 0.355 e. The van der Waals surface area contributed by atoms with Crippen LogP contribution in [0.5, 0.6) is 0 Å². The van der Waals surface area contributed by atoms with Gasteiger partial charge >= 0.3 is 5.97 Å². The van der Waals surface area contributed by atoms with Crippen molar-refractivity contribution in [3.05, 3.63) is 24.0 Å². The van der Waals surface area contributed by atoms with E-state index < -0.39 is 62.6 Å². The van der Waals surface area contributed by atoms with Gasteiger partial charge in [-0.05, 0) is 37.8 Å². The molecule has 3 aliphatic heterocycles. The molecular weight excluding hydrogens is 518 g/mol. The van der Waals surface area contributed by atoms with Crippen molar-refractivity contribution in [1.82, 2.24) is 4.98 Å². The van der Waals surface area contributed by atoms with E-state index >= 15 is 0 Å². The summed E-state index contributed by atoms with van der Waals surface area (Å²) in [7, 11) is 0. The second-order valence-corrected chi connectivity index (χ2v) is 16.0. The molecule has 1 aromatic heterocycles. The number of carbonyl (C=O) groups excluding carboxylic acids is 1. The Kier molecular flexibility index (Phi) is 4.47. The maximum Gasteiger partial charge on any atom is 0.355 e. The Bertz CT molecular complexity index is 1210. The molecule has 4 aliphatic carbocycles. The van der Waals surface area contributed by atoms with E-state index in [2.05, 4.69) is 4.98 Å². The van der Waals surface area contributed by atoms with Crippen molar-refractivity contribution < 1.29 is 39.8 Å². The second kappa shape index (κ2) is 6.57. The van der Waals surface area contributed by atoms with E-state index in [9.17, 15) is 30.3 Å². The summed E-state index contributed by atoms with van der Waals surface area (Å²) in [6.07, 6.45) is 0.737. The van der Waals surface area contributed by atoms with Gasteiger partial charge in [-0.3, -0.25) is 0 Å². The predicted molar refractivity (Wildman–Crippen MR) is 136 cm³/mol. The highest BCUT2D eigenvalue weighted by molar-refractivity contribution is 8.21. The molecule has 9 atom stereocenters. The van der Waals surface area contributed by atoms with Crippen LogP contribution in [0.2, 0.25) is 0 Å². The first kappa shape index (κ1) is 25.2. The summed E-state index contributed by atoms with van der Waals surface area (Å²) in [5, 5.41) is 63.6. The first-order valence-corrected chi connectivity index (χ1v) is 15.0. The molecule has 7 fully saturated rings. The molecule has 3 saturated heterocycles. The summed E-state index contributed by atoms with van der Waals surface area (Å²) < 4.78 is 12.1. The number of aromatic amines is 1. The number of ether oxygens (including phenoxy) is 2. The predicted octanol–water partition coefficient (Wildman–Crippen LogP) is 1.38. The van der Waals surface area contributed by atoms with Gasteiger partial charge < -0.3 is 40.0 Å². The molecule has 1 aromatic rings. The zero-order valence-electron chi connectivity index (χ0n) is 21.4. The van der Waals surface area contributed by atoms with E-state index in [-0.39, 0.29) is 29.0 Å². The average Bonchev–Trinajstić information content (AvgIpc) is 3.57. The summed E-state index contributed by atoms with van der Waals surface area (Å²) in [4.78, 5) is 16.1. The Morgan fingerprint density at radius 1 is 1.11 bits per heavy atom. The molecule has 0 unspecified atom stereocenters. The van der Waals surface area contributed by atoms with Gasteiger partial charge in [-0.2, -0.15) is 0 Å². The maximum atomic E-state index is 13.3. The lowest BCUT2D eigenvalue weighted by atomic mass is 9.52. The van der Waals surface area contributed by atoms with Crippen molar-refractivity contribution in [3.63, 3.8) is 0 Å². The van der Waals surface area contributed by atoms with Crippen molar-refractivity contribution in [2.24, 2.45) is 16.7 Å². The molecule has 7 aliphatic rings. The Labute approximate surface area is 223 Å². The maximum absolute atomic E-state index is 13.3. The molecule has 9 nitrogen and oxygen atoms in total. The van der Waals surface area contributed by atoms with Gasteiger partial charge in [0.05, 0.1) is 9.49 Å². The fraction of sp³-hybridized carbons (Fsp3) is 0.808. The van der Waals surface area contributed by atoms with Crippen LogP contribution in [0.25, 0.3) is 0 Å². The topological polar surface area (TPSA) is 152 Å². The molecule has 204 valence electrons. The summed E-state index contributed by atoms with van der Waals surface area (Å²) in [6.45, 7) is 6.58. The number of hydrogen-bond donors (Lipinski definition) is 6. The Morgan fingerprint density at radius 3 is 2.38 bits per heavy atom. The van der Waals surface area contributed by atoms with Crippen molar-refractivity contribution in [3.8, 4) is 0 Å². The summed E-state index contributed by atoms with van der Waals surface area (Å²) >= 11 is 3.50. The lowest BCUT2D eigenvalue weighted by Crippen LogP contribution is -2.73. The van der Waals surface area contributed by atoms with Crippen LogP contribution >= 0.6 is 23.5 Å². The van der Waals surface area contributed by atoms with Gasteiger partial charge in [-0.1, -0.05) is 20.8 Å². The van der Waals surface area contributed by atoms with Gasteiger partial charge in [-0.15, -0.1) is 23.5 Å². The van der Waals surface area contributed by atoms with Crippen LogP contribution in [-0.4, -0.2) is 92.0 Å². The lowest BCUT2D eigenvalue weighted by Gasteiger charge is -2.60. The third-order valence-electron chi connectivity index (χ3n) is 11.7. The van der Waals surface area contributed by atoms with Crippen LogP contribution in [0.1, 0.15) is 63.9 Å². The zero-order valence-corrected chi connectivity index (χ0v) is 23.0. The zero-order chi connectivity index (χ0) is 26.7. The van der Waals surface area contributed by atoms with E-state index in [0.29, 0.717) is 6.42 Å². The molecule has 4 saturated carbocycles. The number of aliphatic hydroxyl groups is 5. The molecule has 11 heteroatoms. The molecule has 4 heterocycles. The second-order valence-electron chi connectivity index (χ2n) is 12.8. The largest absolute Gasteiger partial charge is 0.451 e. The van der Waals surface area contributed by atoms with Crippen molar-refractivity contribution in [1.29, 1.82) is 0 Å². The van der Waals surface area contributed by atoms with Crippen molar-refractivity contribution in [2.75, 3.05) is 11.5 Å². The van der Waals surface area contributed by atoms with E-state index in [4.69, 9.17) is 9.47 Å². The number of hydrogen-bond acceptors (Lipinski definition) is 10. The lowest BCUT2D eigenvalue weighted by molar-refractivity contribution is -0.376. The SMILES string of the molecule is CC(C)[C@@]1(O)[C@@H](OC(=O)c2ccc[nH]2)[C@@]2(O)[C@@]3(C)C[C@]4(O)O[C@@]5(CC6(CC[C@]35O)SCCS6)[C@@]2(O)[C@@]14C. The van der Waals surface area contributed by atoms with E-state index in [0.717, 1.165) is 11.5 Å². The number of thioether (sulfide) groups is 2. The minimum atomic E-state index is -2.33. The molecular formula is C26H35NO8S2. The van der Waals surface area contributed by atoms with Crippen molar-refractivity contribution >= 4 is 29.5 Å². The van der Waals surface area contributed by atoms with Crippen LogP contribution < -0.4 is 0 Å². The average molecular weight is 554 g/mol. The highest BCUT2D eigenvalue weighted by Gasteiger charge is 3.09. The van der Waals surface area contributed by atoms with Crippen LogP contribution in [0.15, 0.2) is 18.3 Å². The third-order valence-corrected chi connectivity index (χ3v) is 15.2. The Hall–Kier alpha value is -0.790. The quantitative estimate of drug-likeness (QED) is 0.303. The van der Waals surface area contributed by atoms with Gasteiger partial charge in [0.25, 0.3) is 0 Å².